The van der Waals surface area contributed by atoms with Crippen molar-refractivity contribution >= 4 is 27.7 Å². The van der Waals surface area contributed by atoms with E-state index in [1.165, 1.54) is 6.42 Å². The fourth-order valence-corrected chi connectivity index (χ4v) is 2.09. The molecule has 0 N–H and O–H groups in total. The summed E-state index contributed by atoms with van der Waals surface area (Å²) < 4.78 is 1.07. The van der Waals surface area contributed by atoms with Crippen molar-refractivity contribution in [3.63, 3.8) is 0 Å². The minimum atomic E-state index is 0.839. The number of unbranched alkanes of at least 4 members (excludes halogenated alkanes) is 1. The molecule has 0 rings (SSSR count). The third-order valence-corrected chi connectivity index (χ3v) is 3.36. The molecule has 0 aromatic heterocycles. The number of nitrogens with zero attached hydrogens (tertiary/aromatic N) is 1. The molecule has 0 amide bonds. The molecule has 0 saturated heterocycles. The van der Waals surface area contributed by atoms with E-state index in [4.69, 9.17) is 5.26 Å². The van der Waals surface area contributed by atoms with Gasteiger partial charge in [0.25, 0.3) is 0 Å². The second kappa shape index (κ2) is 7.70. The average Bonchev–Trinajstić information content (AvgIpc) is 2.10. The van der Waals surface area contributed by atoms with Crippen LogP contribution < -0.4 is 0 Å². The van der Waals surface area contributed by atoms with Gasteiger partial charge < -0.3 is 0 Å². The van der Waals surface area contributed by atoms with Gasteiger partial charge in [-0.05, 0) is 18.6 Å². The molecule has 3 heteroatoms. The molecule has 0 fully saturated rings. The highest BCUT2D eigenvalue weighted by Gasteiger charge is 2.02. The van der Waals surface area contributed by atoms with E-state index >= 15 is 0 Å². The number of allylic oxidation sites excluding steroid dienone is 2. The Morgan fingerprint density at radius 3 is 2.58 bits per heavy atom. The monoisotopic (exact) mass is 247 g/mol. The highest BCUT2D eigenvalue weighted by atomic mass is 79.9. The van der Waals surface area contributed by atoms with Crippen molar-refractivity contribution < 1.29 is 0 Å². The van der Waals surface area contributed by atoms with Crippen LogP contribution in [0.5, 0.6) is 0 Å². The van der Waals surface area contributed by atoms with E-state index in [0.29, 0.717) is 0 Å². The zero-order valence-corrected chi connectivity index (χ0v) is 9.96. The van der Waals surface area contributed by atoms with Gasteiger partial charge in [-0.15, -0.1) is 11.8 Å². The first-order chi connectivity index (χ1) is 5.76. The normalized spacial score (nSPS) is 12.2. The van der Waals surface area contributed by atoms with Crippen LogP contribution in [0.4, 0.5) is 0 Å². The van der Waals surface area contributed by atoms with Crippen molar-refractivity contribution in [1.82, 2.24) is 0 Å². The minimum absolute atomic E-state index is 0.839. The van der Waals surface area contributed by atoms with E-state index < -0.39 is 0 Å². The predicted molar refractivity (Wildman–Crippen MR) is 59.2 cm³/mol. The Morgan fingerprint density at radius 2 is 2.17 bits per heavy atom. The third kappa shape index (κ3) is 4.84. The Bertz CT molecular complexity index is 193. The lowest BCUT2D eigenvalue weighted by Crippen LogP contribution is -1.81. The van der Waals surface area contributed by atoms with Gasteiger partial charge in [-0.3, -0.25) is 0 Å². The van der Waals surface area contributed by atoms with Crippen molar-refractivity contribution in [3.05, 3.63) is 9.39 Å². The van der Waals surface area contributed by atoms with E-state index in [1.807, 2.05) is 0 Å². The summed E-state index contributed by atoms with van der Waals surface area (Å²) in [6.07, 6.45) is 3.31. The fourth-order valence-electron chi connectivity index (χ4n) is 0.761. The summed E-state index contributed by atoms with van der Waals surface area (Å²) >= 11 is 5.05. The van der Waals surface area contributed by atoms with Crippen molar-refractivity contribution in [1.29, 1.82) is 5.26 Å². The van der Waals surface area contributed by atoms with Gasteiger partial charge in [0.1, 0.15) is 6.07 Å². The summed E-state index contributed by atoms with van der Waals surface area (Å²) in [5.74, 6) is 0.962. The van der Waals surface area contributed by atoms with Crippen LogP contribution in [0.15, 0.2) is 9.39 Å². The number of nitriles is 1. The molecule has 1 nitrogen and oxygen atoms in total. The van der Waals surface area contributed by atoms with Gasteiger partial charge in [0.05, 0.1) is 4.91 Å². The number of rotatable bonds is 5. The standard InChI is InChI=1S/C9H14BrNS/c1-3-5-6-8(10)9(7-11)12-4-2/h3-6H2,1-2H3. The van der Waals surface area contributed by atoms with Crippen molar-refractivity contribution in [2.24, 2.45) is 0 Å². The molecule has 0 saturated carbocycles. The first-order valence-corrected chi connectivity index (χ1v) is 5.95. The molecule has 0 aliphatic rings. The molecule has 0 aliphatic heterocycles. The third-order valence-electron chi connectivity index (χ3n) is 1.39. The lowest BCUT2D eigenvalue weighted by molar-refractivity contribution is 0.810. The van der Waals surface area contributed by atoms with E-state index in [-0.39, 0.29) is 0 Å². The Balaban J connectivity index is 4.10. The largest absolute Gasteiger partial charge is 0.192 e. The first-order valence-electron chi connectivity index (χ1n) is 4.17. The molecule has 0 aliphatic carbocycles. The molecule has 0 spiro atoms. The maximum atomic E-state index is 8.77. The van der Waals surface area contributed by atoms with Crippen molar-refractivity contribution in [2.45, 2.75) is 33.1 Å². The van der Waals surface area contributed by atoms with Crippen LogP contribution in [0.25, 0.3) is 0 Å². The molecule has 0 aromatic rings. The number of halogens is 1. The first kappa shape index (κ1) is 12.1. The topological polar surface area (TPSA) is 23.8 Å². The molecular weight excluding hydrogens is 234 g/mol. The fraction of sp³-hybridized carbons (Fsp3) is 0.667. The molecule has 12 heavy (non-hydrogen) atoms. The van der Waals surface area contributed by atoms with Crippen molar-refractivity contribution in [2.75, 3.05) is 5.75 Å². The van der Waals surface area contributed by atoms with Crippen molar-refractivity contribution in [3.8, 4) is 6.07 Å². The smallest absolute Gasteiger partial charge is 0.107 e. The van der Waals surface area contributed by atoms with Crippen LogP contribution in [-0.2, 0) is 0 Å². The molecular formula is C9H14BrNS. The Labute approximate surface area is 87.4 Å². The highest BCUT2D eigenvalue weighted by molar-refractivity contribution is 9.11. The predicted octanol–water partition coefficient (Wildman–Crippen LogP) is 4.06. The van der Waals surface area contributed by atoms with Crippen LogP contribution in [0.3, 0.4) is 0 Å². The zero-order valence-electron chi connectivity index (χ0n) is 7.56. The highest BCUT2D eigenvalue weighted by Crippen LogP contribution is 2.26. The maximum absolute atomic E-state index is 8.77. The zero-order chi connectivity index (χ0) is 9.40. The molecule has 0 bridgehead atoms. The molecule has 0 heterocycles. The van der Waals surface area contributed by atoms with Crippen LogP contribution in [0, 0.1) is 11.3 Å². The van der Waals surface area contributed by atoms with Gasteiger partial charge in [0, 0.05) is 4.48 Å². The average molecular weight is 248 g/mol. The summed E-state index contributed by atoms with van der Waals surface area (Å²) in [6.45, 7) is 4.21. The SMILES string of the molecule is CCCCC(Br)=C(C#N)SCC. The molecule has 0 aromatic carbocycles. The van der Waals surface area contributed by atoms with Gasteiger partial charge >= 0.3 is 0 Å². The van der Waals surface area contributed by atoms with E-state index in [2.05, 4.69) is 35.8 Å². The Kier molecular flexibility index (Phi) is 7.73. The van der Waals surface area contributed by atoms with E-state index in [1.54, 1.807) is 11.8 Å². The summed E-state index contributed by atoms with van der Waals surface area (Å²) in [7, 11) is 0. The Morgan fingerprint density at radius 1 is 1.50 bits per heavy atom. The van der Waals surface area contributed by atoms with Gasteiger partial charge in [-0.2, -0.15) is 5.26 Å². The molecule has 0 atom stereocenters. The molecule has 68 valence electrons. The number of hydrogen-bond acceptors (Lipinski definition) is 2. The minimum Gasteiger partial charge on any atom is -0.192 e. The van der Waals surface area contributed by atoms with Gasteiger partial charge in [0.15, 0.2) is 0 Å². The van der Waals surface area contributed by atoms with E-state index in [9.17, 15) is 0 Å². The molecule has 0 unspecified atom stereocenters. The van der Waals surface area contributed by atoms with Crippen LogP contribution in [0.2, 0.25) is 0 Å². The summed E-state index contributed by atoms with van der Waals surface area (Å²) in [6, 6.07) is 2.21. The van der Waals surface area contributed by atoms with Gasteiger partial charge in [-0.25, -0.2) is 0 Å². The lowest BCUT2D eigenvalue weighted by atomic mass is 10.2. The molecule has 0 radical (unpaired) electrons. The van der Waals surface area contributed by atoms with Gasteiger partial charge in [-0.1, -0.05) is 36.2 Å². The van der Waals surface area contributed by atoms with Crippen LogP contribution in [-0.4, -0.2) is 5.75 Å². The van der Waals surface area contributed by atoms with Crippen LogP contribution in [0.1, 0.15) is 33.1 Å². The lowest BCUT2D eigenvalue weighted by Gasteiger charge is -2.00. The van der Waals surface area contributed by atoms with Gasteiger partial charge in [0.2, 0.25) is 0 Å². The second-order valence-electron chi connectivity index (χ2n) is 2.38. The van der Waals surface area contributed by atoms with E-state index in [0.717, 1.165) is 28.0 Å². The quantitative estimate of drug-likeness (QED) is 0.685. The Hall–Kier alpha value is 0.0600. The maximum Gasteiger partial charge on any atom is 0.107 e. The number of thioether (sulfide) groups is 1. The van der Waals surface area contributed by atoms with Crippen LogP contribution >= 0.6 is 27.7 Å². The second-order valence-corrected chi connectivity index (χ2v) is 4.61. The summed E-state index contributed by atoms with van der Waals surface area (Å²) in [5.41, 5.74) is 0. The number of hydrogen-bond donors (Lipinski definition) is 0. The summed E-state index contributed by atoms with van der Waals surface area (Å²) in [4.78, 5) is 0.839. The summed E-state index contributed by atoms with van der Waals surface area (Å²) in [5, 5.41) is 8.77.